The van der Waals surface area contributed by atoms with Gasteiger partial charge >= 0.3 is 5.97 Å². The first-order valence-electron chi connectivity index (χ1n) is 6.10. The van der Waals surface area contributed by atoms with Crippen molar-refractivity contribution in [2.75, 3.05) is 6.54 Å². The molecule has 18 heavy (non-hydrogen) atoms. The van der Waals surface area contributed by atoms with Crippen molar-refractivity contribution in [1.29, 1.82) is 0 Å². The van der Waals surface area contributed by atoms with Crippen molar-refractivity contribution >= 4 is 27.4 Å². The fraction of sp³-hybridized carbons (Fsp3) is 0.357. The first-order valence-corrected chi connectivity index (χ1v) is 6.98. The Bertz CT molecular complexity index is 535. The zero-order valence-electron chi connectivity index (χ0n) is 10.1. The third-order valence-corrected chi connectivity index (χ3v) is 4.15. The lowest BCUT2D eigenvalue weighted by Gasteiger charge is -2.11. The molecule has 3 N–H and O–H groups in total. The van der Waals surface area contributed by atoms with E-state index in [1.807, 2.05) is 12.1 Å². The summed E-state index contributed by atoms with van der Waals surface area (Å²) in [5.74, 6) is -1.05. The molecule has 1 atom stereocenters. The van der Waals surface area contributed by atoms with Crippen LogP contribution in [-0.4, -0.2) is 17.6 Å². The second kappa shape index (κ2) is 5.98. The number of rotatable bonds is 6. The van der Waals surface area contributed by atoms with E-state index in [0.717, 1.165) is 12.0 Å². The van der Waals surface area contributed by atoms with Gasteiger partial charge in [-0.3, -0.25) is 4.79 Å². The highest BCUT2D eigenvalue weighted by molar-refractivity contribution is 7.17. The molecule has 0 aliphatic heterocycles. The smallest absolute Gasteiger partial charge is 0.306 e. The number of benzene rings is 1. The first kappa shape index (κ1) is 13.1. The maximum absolute atomic E-state index is 11.2. The molecule has 2 aromatic rings. The molecule has 3 nitrogen and oxygen atoms in total. The fourth-order valence-electron chi connectivity index (χ4n) is 2.13. The van der Waals surface area contributed by atoms with Crippen molar-refractivity contribution in [3.8, 4) is 0 Å². The first-order chi connectivity index (χ1) is 8.72. The van der Waals surface area contributed by atoms with Gasteiger partial charge < -0.3 is 10.8 Å². The molecule has 1 heterocycles. The molecule has 96 valence electrons. The minimum Gasteiger partial charge on any atom is -0.481 e. The number of fused-ring (bicyclic) bond motifs is 1. The second-order valence-corrected chi connectivity index (χ2v) is 5.34. The molecule has 0 aliphatic rings. The summed E-state index contributed by atoms with van der Waals surface area (Å²) in [6.07, 6.45) is 2.01. The number of aliphatic carboxylic acids is 1. The topological polar surface area (TPSA) is 63.3 Å². The van der Waals surface area contributed by atoms with Crippen molar-refractivity contribution in [2.45, 2.75) is 19.3 Å². The van der Waals surface area contributed by atoms with E-state index >= 15 is 0 Å². The van der Waals surface area contributed by atoms with E-state index in [2.05, 4.69) is 17.5 Å². The molecule has 0 amide bonds. The Balaban J connectivity index is 2.18. The predicted octanol–water partition coefficient (Wildman–Crippen LogP) is 2.88. The quantitative estimate of drug-likeness (QED) is 0.842. The Morgan fingerprint density at radius 3 is 2.89 bits per heavy atom. The summed E-state index contributed by atoms with van der Waals surface area (Å²) in [6, 6.07) is 8.13. The highest BCUT2D eigenvalue weighted by atomic mass is 32.1. The standard InChI is InChI=1S/C14H17NO2S/c15-7-3-4-10(14(16)17)8-11-9-18-13-6-2-1-5-12(11)13/h1-2,5-6,9-10H,3-4,7-8,15H2,(H,16,17). The molecular formula is C14H17NO2S. The summed E-state index contributed by atoms with van der Waals surface area (Å²) in [4.78, 5) is 11.2. The summed E-state index contributed by atoms with van der Waals surface area (Å²) in [5.41, 5.74) is 6.59. The molecule has 0 aliphatic carbocycles. The van der Waals surface area contributed by atoms with Crippen LogP contribution in [0, 0.1) is 5.92 Å². The zero-order valence-corrected chi connectivity index (χ0v) is 11.0. The molecule has 2 rings (SSSR count). The summed E-state index contributed by atoms with van der Waals surface area (Å²) in [6.45, 7) is 0.550. The summed E-state index contributed by atoms with van der Waals surface area (Å²) in [5, 5.41) is 12.5. The van der Waals surface area contributed by atoms with Crippen molar-refractivity contribution < 1.29 is 9.90 Å². The van der Waals surface area contributed by atoms with Crippen molar-refractivity contribution in [3.63, 3.8) is 0 Å². The van der Waals surface area contributed by atoms with E-state index in [1.54, 1.807) is 11.3 Å². The van der Waals surface area contributed by atoms with Crippen LogP contribution < -0.4 is 5.73 Å². The maximum Gasteiger partial charge on any atom is 0.306 e. The fourth-order valence-corrected chi connectivity index (χ4v) is 3.11. The van der Waals surface area contributed by atoms with Crippen LogP contribution in [0.3, 0.4) is 0 Å². The van der Waals surface area contributed by atoms with Crippen LogP contribution in [0.25, 0.3) is 10.1 Å². The Morgan fingerprint density at radius 2 is 2.17 bits per heavy atom. The van der Waals surface area contributed by atoms with Crippen molar-refractivity contribution in [3.05, 3.63) is 35.2 Å². The van der Waals surface area contributed by atoms with Crippen molar-refractivity contribution in [1.82, 2.24) is 0 Å². The molecule has 1 aromatic heterocycles. The molecule has 1 aromatic carbocycles. The Kier molecular flexibility index (Phi) is 4.33. The summed E-state index contributed by atoms with van der Waals surface area (Å²) < 4.78 is 1.22. The Labute approximate surface area is 110 Å². The van der Waals surface area contributed by atoms with Crippen LogP contribution in [0.15, 0.2) is 29.6 Å². The molecule has 0 radical (unpaired) electrons. The summed E-state index contributed by atoms with van der Waals surface area (Å²) in [7, 11) is 0. The maximum atomic E-state index is 11.2. The molecule has 0 spiro atoms. The third-order valence-electron chi connectivity index (χ3n) is 3.13. The lowest BCUT2D eigenvalue weighted by Crippen LogP contribution is -2.17. The normalized spacial score (nSPS) is 12.7. The van der Waals surface area contributed by atoms with Crippen LogP contribution in [0.4, 0.5) is 0 Å². The highest BCUT2D eigenvalue weighted by Gasteiger charge is 2.19. The molecule has 0 saturated heterocycles. The number of nitrogens with two attached hydrogens (primary N) is 1. The monoisotopic (exact) mass is 263 g/mol. The van der Waals surface area contributed by atoms with E-state index in [4.69, 9.17) is 5.73 Å². The van der Waals surface area contributed by atoms with Gasteiger partial charge in [-0.2, -0.15) is 0 Å². The summed E-state index contributed by atoms with van der Waals surface area (Å²) >= 11 is 1.67. The molecule has 4 heteroatoms. The van der Waals surface area contributed by atoms with Gasteiger partial charge in [0.1, 0.15) is 0 Å². The Hall–Kier alpha value is -1.39. The van der Waals surface area contributed by atoms with E-state index in [1.165, 1.54) is 10.1 Å². The minimum absolute atomic E-state index is 0.327. The van der Waals surface area contributed by atoms with E-state index in [0.29, 0.717) is 19.4 Å². The number of carbonyl (C=O) groups is 1. The minimum atomic E-state index is -0.723. The zero-order chi connectivity index (χ0) is 13.0. The van der Waals surface area contributed by atoms with Crippen LogP contribution in [0.5, 0.6) is 0 Å². The average molecular weight is 263 g/mol. The van der Waals surface area contributed by atoms with E-state index in [9.17, 15) is 9.90 Å². The van der Waals surface area contributed by atoms with Gasteiger partial charge in [0.05, 0.1) is 5.92 Å². The molecule has 0 bridgehead atoms. The second-order valence-electron chi connectivity index (χ2n) is 4.43. The number of carboxylic acid groups (broad SMARTS) is 1. The third kappa shape index (κ3) is 2.89. The molecule has 1 unspecified atom stereocenters. The van der Waals surface area contributed by atoms with Gasteiger partial charge in [-0.15, -0.1) is 11.3 Å². The van der Waals surface area contributed by atoms with Gasteiger partial charge in [0, 0.05) is 4.70 Å². The van der Waals surface area contributed by atoms with Gasteiger partial charge in [0.15, 0.2) is 0 Å². The number of thiophene rings is 1. The van der Waals surface area contributed by atoms with Gasteiger partial charge in [-0.1, -0.05) is 18.2 Å². The predicted molar refractivity (Wildman–Crippen MR) is 74.9 cm³/mol. The van der Waals surface area contributed by atoms with Gasteiger partial charge in [0.2, 0.25) is 0 Å². The van der Waals surface area contributed by atoms with Crippen LogP contribution in [0.1, 0.15) is 18.4 Å². The molecule has 0 fully saturated rings. The highest BCUT2D eigenvalue weighted by Crippen LogP contribution is 2.28. The lowest BCUT2D eigenvalue weighted by atomic mass is 9.94. The van der Waals surface area contributed by atoms with Crippen LogP contribution >= 0.6 is 11.3 Å². The number of hydrogen-bond acceptors (Lipinski definition) is 3. The van der Waals surface area contributed by atoms with Crippen molar-refractivity contribution in [2.24, 2.45) is 11.7 Å². The van der Waals surface area contributed by atoms with Crippen LogP contribution in [0.2, 0.25) is 0 Å². The number of carboxylic acids is 1. The lowest BCUT2D eigenvalue weighted by molar-refractivity contribution is -0.141. The van der Waals surface area contributed by atoms with E-state index in [-0.39, 0.29) is 5.92 Å². The van der Waals surface area contributed by atoms with Crippen LogP contribution in [-0.2, 0) is 11.2 Å². The largest absolute Gasteiger partial charge is 0.481 e. The SMILES string of the molecule is NCCCC(Cc1csc2ccccc12)C(=O)O. The average Bonchev–Trinajstić information content (AvgIpc) is 2.77. The number of hydrogen-bond donors (Lipinski definition) is 2. The Morgan fingerprint density at radius 1 is 1.39 bits per heavy atom. The van der Waals surface area contributed by atoms with E-state index < -0.39 is 5.97 Å². The van der Waals surface area contributed by atoms with Gasteiger partial charge in [0.25, 0.3) is 0 Å². The van der Waals surface area contributed by atoms with Gasteiger partial charge in [-0.05, 0) is 48.2 Å². The molecule has 0 saturated carbocycles. The van der Waals surface area contributed by atoms with Gasteiger partial charge in [-0.25, -0.2) is 0 Å². The molecular weight excluding hydrogens is 246 g/mol.